The van der Waals surface area contributed by atoms with E-state index in [1.807, 2.05) is 63.2 Å². The number of esters is 1. The lowest BCUT2D eigenvalue weighted by atomic mass is 10.1. The van der Waals surface area contributed by atoms with Crippen LogP contribution in [0.15, 0.2) is 42.5 Å². The lowest BCUT2D eigenvalue weighted by molar-refractivity contribution is -0.157. The van der Waals surface area contributed by atoms with Gasteiger partial charge in [-0.05, 0) is 51.0 Å². The second kappa shape index (κ2) is 8.47. The van der Waals surface area contributed by atoms with Crippen molar-refractivity contribution < 1.29 is 19.1 Å². The van der Waals surface area contributed by atoms with E-state index < -0.39 is 23.9 Å². The molecule has 0 saturated carbocycles. The van der Waals surface area contributed by atoms with Crippen LogP contribution in [0.3, 0.4) is 0 Å². The Morgan fingerprint density at radius 1 is 1.07 bits per heavy atom. The van der Waals surface area contributed by atoms with Gasteiger partial charge in [-0.3, -0.25) is 14.4 Å². The number of para-hydroxylation sites is 1. The van der Waals surface area contributed by atoms with E-state index >= 15 is 0 Å². The third kappa shape index (κ3) is 4.65. The Balaban J connectivity index is 1.60. The summed E-state index contributed by atoms with van der Waals surface area (Å²) in [5.41, 5.74) is 4.46. The number of nitrogens with one attached hydrogen (secondary N) is 1. The van der Waals surface area contributed by atoms with Gasteiger partial charge in [0.05, 0.1) is 5.92 Å². The molecule has 0 aliphatic carbocycles. The summed E-state index contributed by atoms with van der Waals surface area (Å²) in [7, 11) is 0. The van der Waals surface area contributed by atoms with E-state index in [1.54, 1.807) is 4.90 Å². The van der Waals surface area contributed by atoms with Crippen LogP contribution in [-0.2, 0) is 19.1 Å². The molecule has 6 nitrogen and oxygen atoms in total. The number of hydrogen-bond acceptors (Lipinski definition) is 4. The van der Waals surface area contributed by atoms with Crippen LogP contribution in [0.25, 0.3) is 0 Å². The van der Waals surface area contributed by atoms with E-state index in [0.29, 0.717) is 0 Å². The lowest BCUT2D eigenvalue weighted by Crippen LogP contribution is -2.33. The van der Waals surface area contributed by atoms with Gasteiger partial charge in [-0.2, -0.15) is 0 Å². The number of carbonyl (C=O) groups excluding carboxylic acids is 3. The highest BCUT2D eigenvalue weighted by atomic mass is 16.5. The first-order valence-corrected chi connectivity index (χ1v) is 9.71. The van der Waals surface area contributed by atoms with Crippen molar-refractivity contribution in [3.63, 3.8) is 0 Å². The Labute approximate surface area is 170 Å². The minimum Gasteiger partial charge on any atom is -0.452 e. The molecule has 152 valence electrons. The largest absolute Gasteiger partial charge is 0.452 e. The molecule has 1 N–H and O–H groups in total. The number of rotatable bonds is 5. The van der Waals surface area contributed by atoms with Crippen molar-refractivity contribution in [3.05, 3.63) is 59.2 Å². The number of benzene rings is 2. The second-order valence-corrected chi connectivity index (χ2v) is 7.58. The number of amides is 2. The highest BCUT2D eigenvalue weighted by Crippen LogP contribution is 2.26. The van der Waals surface area contributed by atoms with Gasteiger partial charge in [-0.1, -0.05) is 35.9 Å². The zero-order chi connectivity index (χ0) is 21.1. The molecule has 1 aliphatic rings. The first-order valence-electron chi connectivity index (χ1n) is 9.71. The third-order valence-electron chi connectivity index (χ3n) is 5.20. The highest BCUT2D eigenvalue weighted by Gasteiger charge is 2.37. The Bertz CT molecular complexity index is 916. The molecular weight excluding hydrogens is 368 g/mol. The lowest BCUT2D eigenvalue weighted by Gasteiger charge is -2.19. The second-order valence-electron chi connectivity index (χ2n) is 7.58. The Hall–Kier alpha value is -3.15. The zero-order valence-corrected chi connectivity index (χ0v) is 17.2. The first kappa shape index (κ1) is 20.6. The maximum Gasteiger partial charge on any atom is 0.312 e. The Kier molecular flexibility index (Phi) is 6.01. The molecule has 1 fully saturated rings. The average Bonchev–Trinajstić information content (AvgIpc) is 3.07. The molecule has 2 aromatic rings. The van der Waals surface area contributed by atoms with Gasteiger partial charge in [0.1, 0.15) is 0 Å². The molecule has 0 spiro atoms. The molecule has 1 aliphatic heterocycles. The minimum absolute atomic E-state index is 0.0813. The summed E-state index contributed by atoms with van der Waals surface area (Å²) in [6.45, 7) is 7.58. The van der Waals surface area contributed by atoms with E-state index in [-0.39, 0.29) is 18.9 Å². The standard InChI is InChI=1S/C23H26N2O4/c1-14-8-10-19(11-9-14)25-13-18(12-20(25)26)23(28)29-17(4)22(27)24-21-15(2)6-5-7-16(21)3/h5-11,17-18H,12-13H2,1-4H3,(H,24,27)/t17-,18-/m1/s1. The van der Waals surface area contributed by atoms with Crippen LogP contribution in [0.2, 0.25) is 0 Å². The van der Waals surface area contributed by atoms with Gasteiger partial charge in [0.15, 0.2) is 6.10 Å². The molecule has 0 aromatic heterocycles. The number of ether oxygens (including phenoxy) is 1. The van der Waals surface area contributed by atoms with Crippen LogP contribution in [0.5, 0.6) is 0 Å². The predicted octanol–water partition coefficient (Wildman–Crippen LogP) is 3.54. The molecule has 0 bridgehead atoms. The summed E-state index contributed by atoms with van der Waals surface area (Å²) >= 11 is 0. The zero-order valence-electron chi connectivity index (χ0n) is 17.2. The summed E-state index contributed by atoms with van der Waals surface area (Å²) < 4.78 is 5.37. The normalized spacial score (nSPS) is 17.2. The van der Waals surface area contributed by atoms with Crippen LogP contribution in [0.1, 0.15) is 30.0 Å². The van der Waals surface area contributed by atoms with Crippen molar-refractivity contribution in [1.29, 1.82) is 0 Å². The van der Waals surface area contributed by atoms with Crippen molar-refractivity contribution in [2.24, 2.45) is 5.92 Å². The number of hydrogen-bond donors (Lipinski definition) is 1. The topological polar surface area (TPSA) is 75.7 Å². The van der Waals surface area contributed by atoms with Crippen molar-refractivity contribution in [3.8, 4) is 0 Å². The maximum absolute atomic E-state index is 12.5. The van der Waals surface area contributed by atoms with Crippen LogP contribution in [0.4, 0.5) is 11.4 Å². The van der Waals surface area contributed by atoms with Crippen LogP contribution in [-0.4, -0.2) is 30.4 Å². The molecule has 1 heterocycles. The number of anilines is 2. The van der Waals surface area contributed by atoms with Crippen molar-refractivity contribution in [2.75, 3.05) is 16.8 Å². The van der Waals surface area contributed by atoms with Gasteiger partial charge in [-0.25, -0.2) is 0 Å². The van der Waals surface area contributed by atoms with E-state index in [9.17, 15) is 14.4 Å². The van der Waals surface area contributed by atoms with E-state index in [1.165, 1.54) is 6.92 Å². The van der Waals surface area contributed by atoms with Crippen LogP contribution in [0, 0.1) is 26.7 Å². The molecule has 2 aromatic carbocycles. The summed E-state index contributed by atoms with van der Waals surface area (Å²) in [5.74, 6) is -1.63. The fourth-order valence-corrected chi connectivity index (χ4v) is 3.40. The highest BCUT2D eigenvalue weighted by molar-refractivity contribution is 6.00. The average molecular weight is 394 g/mol. The molecule has 1 saturated heterocycles. The van der Waals surface area contributed by atoms with E-state index in [4.69, 9.17) is 4.74 Å². The number of aryl methyl sites for hydroxylation is 3. The van der Waals surface area contributed by atoms with Crippen LogP contribution < -0.4 is 10.2 Å². The molecule has 0 unspecified atom stereocenters. The first-order chi connectivity index (χ1) is 13.8. The van der Waals surface area contributed by atoms with Gasteiger partial charge < -0.3 is 15.0 Å². The number of carbonyl (C=O) groups is 3. The molecule has 29 heavy (non-hydrogen) atoms. The Morgan fingerprint density at radius 3 is 2.31 bits per heavy atom. The van der Waals surface area contributed by atoms with Crippen LogP contribution >= 0.6 is 0 Å². The summed E-state index contributed by atoms with van der Waals surface area (Å²) in [6, 6.07) is 13.3. The van der Waals surface area contributed by atoms with Gasteiger partial charge >= 0.3 is 5.97 Å². The van der Waals surface area contributed by atoms with Crippen molar-refractivity contribution in [1.82, 2.24) is 0 Å². The monoisotopic (exact) mass is 394 g/mol. The summed E-state index contributed by atoms with van der Waals surface area (Å²) in [6.07, 6.45) is -0.872. The Morgan fingerprint density at radius 2 is 1.69 bits per heavy atom. The van der Waals surface area contributed by atoms with Gasteiger partial charge in [-0.15, -0.1) is 0 Å². The van der Waals surface area contributed by atoms with E-state index in [0.717, 1.165) is 28.1 Å². The smallest absolute Gasteiger partial charge is 0.312 e. The quantitative estimate of drug-likeness (QED) is 0.787. The van der Waals surface area contributed by atoms with Gasteiger partial charge in [0, 0.05) is 24.3 Å². The summed E-state index contributed by atoms with van der Waals surface area (Å²) in [4.78, 5) is 39.0. The molecule has 0 radical (unpaired) electrons. The third-order valence-corrected chi connectivity index (χ3v) is 5.20. The maximum atomic E-state index is 12.5. The van der Waals surface area contributed by atoms with E-state index in [2.05, 4.69) is 5.32 Å². The predicted molar refractivity (Wildman–Crippen MR) is 112 cm³/mol. The summed E-state index contributed by atoms with van der Waals surface area (Å²) in [5, 5.41) is 2.83. The SMILES string of the molecule is Cc1ccc(N2C[C@H](C(=O)O[C@H](C)C(=O)Nc3c(C)cccc3C)CC2=O)cc1. The van der Waals surface area contributed by atoms with Gasteiger partial charge in [0.2, 0.25) is 5.91 Å². The fraction of sp³-hybridized carbons (Fsp3) is 0.348. The molecule has 6 heteroatoms. The molecule has 2 atom stereocenters. The molecule has 2 amide bonds. The molecule has 3 rings (SSSR count). The van der Waals surface area contributed by atoms with Crippen molar-refractivity contribution in [2.45, 2.75) is 40.2 Å². The number of nitrogens with zero attached hydrogens (tertiary/aromatic N) is 1. The fourth-order valence-electron chi connectivity index (χ4n) is 3.40. The minimum atomic E-state index is -0.954. The molecular formula is C23H26N2O4. The van der Waals surface area contributed by atoms with Gasteiger partial charge in [0.25, 0.3) is 5.91 Å². The van der Waals surface area contributed by atoms with Crippen molar-refractivity contribution >= 4 is 29.2 Å².